The van der Waals surface area contributed by atoms with Crippen molar-refractivity contribution in [3.05, 3.63) is 88.3 Å². The highest BCUT2D eigenvalue weighted by atomic mass is 16.5. The van der Waals surface area contributed by atoms with E-state index in [1.165, 1.54) is 0 Å². The van der Waals surface area contributed by atoms with E-state index in [0.717, 1.165) is 12.1 Å². The molecule has 2 aliphatic heterocycles. The van der Waals surface area contributed by atoms with E-state index in [-0.39, 0.29) is 35.6 Å². The van der Waals surface area contributed by atoms with Crippen molar-refractivity contribution in [2.45, 2.75) is 18.9 Å². The molecule has 1 aromatic heterocycles. The number of likely N-dealkylation sites (tertiary alicyclic amines) is 1. The molecule has 2 atom stereocenters. The van der Waals surface area contributed by atoms with Crippen molar-refractivity contribution in [1.29, 1.82) is 0 Å². The number of piperidine rings is 1. The Morgan fingerprint density at radius 1 is 0.943 bits per heavy atom. The second-order valence-corrected chi connectivity index (χ2v) is 8.97. The van der Waals surface area contributed by atoms with E-state index in [4.69, 9.17) is 9.47 Å². The minimum absolute atomic E-state index is 0.0135. The van der Waals surface area contributed by atoms with Crippen LogP contribution in [-0.2, 0) is 11.3 Å². The first kappa shape index (κ1) is 22.7. The second kappa shape index (κ2) is 9.66. The molecule has 35 heavy (non-hydrogen) atoms. The van der Waals surface area contributed by atoms with Crippen molar-refractivity contribution in [2.75, 3.05) is 32.1 Å². The number of pyridine rings is 1. The summed E-state index contributed by atoms with van der Waals surface area (Å²) in [6.07, 6.45) is 0.933. The monoisotopic (exact) mass is 473 g/mol. The van der Waals surface area contributed by atoms with Gasteiger partial charge >= 0.3 is 0 Å². The van der Waals surface area contributed by atoms with Gasteiger partial charge in [-0.25, -0.2) is 0 Å². The Morgan fingerprint density at radius 2 is 1.71 bits per heavy atom. The first-order valence-electron chi connectivity index (χ1n) is 11.7. The fraction of sp³-hybridized carbons (Fsp3) is 0.296. The van der Waals surface area contributed by atoms with Gasteiger partial charge in [0.15, 0.2) is 6.61 Å². The average molecular weight is 474 g/mol. The summed E-state index contributed by atoms with van der Waals surface area (Å²) in [7, 11) is 1.59. The summed E-state index contributed by atoms with van der Waals surface area (Å²) in [5, 5.41) is 2.68. The predicted octanol–water partition coefficient (Wildman–Crippen LogP) is 3.13. The number of hydrogen-bond donors (Lipinski definition) is 1. The van der Waals surface area contributed by atoms with Crippen LogP contribution in [0.4, 0.5) is 5.69 Å². The number of para-hydroxylation sites is 1. The molecule has 0 aliphatic carbocycles. The molecule has 8 heteroatoms. The topological polar surface area (TPSA) is 89.9 Å². The van der Waals surface area contributed by atoms with Crippen LogP contribution in [0.1, 0.15) is 28.4 Å². The molecule has 180 valence electrons. The number of amides is 2. The van der Waals surface area contributed by atoms with Crippen LogP contribution in [-0.4, -0.2) is 48.1 Å². The molecule has 5 rings (SSSR count). The van der Waals surface area contributed by atoms with Gasteiger partial charge in [-0.3, -0.25) is 14.4 Å². The molecule has 2 aromatic carbocycles. The maximum atomic E-state index is 13.2. The number of hydrogen-bond acceptors (Lipinski definition) is 5. The fourth-order valence-corrected chi connectivity index (χ4v) is 4.97. The standard InChI is InChI=1S/C27H27N3O5/c1-34-21-9-7-19(8-10-21)26(32)29-14-18-13-20(16-29)24-12-11-23(27(33)30(24)15-18)28-25(31)17-35-22-5-3-2-4-6-22/h2-12,18,20H,13-17H2,1H3,(H,28,31)/t18-,20+/m0/s1. The number of nitrogens with one attached hydrogen (secondary N) is 1. The predicted molar refractivity (Wildman–Crippen MR) is 131 cm³/mol. The lowest BCUT2D eigenvalue weighted by molar-refractivity contribution is -0.118. The molecular weight excluding hydrogens is 446 g/mol. The number of fused-ring (bicyclic) bond motifs is 4. The molecule has 0 saturated carbocycles. The van der Waals surface area contributed by atoms with Gasteiger partial charge in [0.1, 0.15) is 17.2 Å². The zero-order valence-electron chi connectivity index (χ0n) is 19.5. The third-order valence-electron chi connectivity index (χ3n) is 6.62. The number of aromatic nitrogens is 1. The number of nitrogens with zero attached hydrogens (tertiary/aromatic N) is 2. The van der Waals surface area contributed by atoms with Crippen molar-refractivity contribution < 1.29 is 19.1 Å². The number of anilines is 1. The zero-order chi connectivity index (χ0) is 24.4. The van der Waals surface area contributed by atoms with E-state index in [2.05, 4.69) is 5.32 Å². The van der Waals surface area contributed by atoms with Gasteiger partial charge in [-0.2, -0.15) is 0 Å². The van der Waals surface area contributed by atoms with Crippen LogP contribution in [0.15, 0.2) is 71.5 Å². The quantitative estimate of drug-likeness (QED) is 0.594. The molecule has 1 saturated heterocycles. The van der Waals surface area contributed by atoms with Crippen molar-refractivity contribution in [2.24, 2.45) is 5.92 Å². The Labute approximate surface area is 203 Å². The molecule has 0 radical (unpaired) electrons. The highest BCUT2D eigenvalue weighted by molar-refractivity contribution is 5.94. The minimum Gasteiger partial charge on any atom is -0.497 e. The third-order valence-corrected chi connectivity index (χ3v) is 6.62. The summed E-state index contributed by atoms with van der Waals surface area (Å²) in [5.41, 5.74) is 1.54. The number of benzene rings is 2. The van der Waals surface area contributed by atoms with Gasteiger partial charge in [-0.1, -0.05) is 18.2 Å². The Balaban J connectivity index is 1.28. The summed E-state index contributed by atoms with van der Waals surface area (Å²) in [5.74, 6) is 1.14. The molecule has 2 amide bonds. The molecule has 0 spiro atoms. The lowest BCUT2D eigenvalue weighted by atomic mass is 9.83. The van der Waals surface area contributed by atoms with Gasteiger partial charge in [0, 0.05) is 36.8 Å². The van der Waals surface area contributed by atoms with Crippen LogP contribution in [0.5, 0.6) is 11.5 Å². The van der Waals surface area contributed by atoms with Crippen molar-refractivity contribution >= 4 is 17.5 Å². The van der Waals surface area contributed by atoms with Gasteiger partial charge in [-0.05, 0) is 60.9 Å². The van der Waals surface area contributed by atoms with E-state index in [1.54, 1.807) is 54.1 Å². The van der Waals surface area contributed by atoms with Gasteiger partial charge in [0.2, 0.25) is 0 Å². The molecule has 0 unspecified atom stereocenters. The SMILES string of the molecule is COc1ccc(C(=O)N2C[C@@H]3C[C@H](C2)c2ccc(NC(=O)COc4ccccc4)c(=O)n2C3)cc1. The molecule has 8 nitrogen and oxygen atoms in total. The molecule has 3 aromatic rings. The number of carbonyl (C=O) groups excluding carboxylic acids is 2. The van der Waals surface area contributed by atoms with Crippen LogP contribution in [0.2, 0.25) is 0 Å². The fourth-order valence-electron chi connectivity index (χ4n) is 4.97. The van der Waals surface area contributed by atoms with Crippen molar-refractivity contribution in [3.63, 3.8) is 0 Å². The third kappa shape index (κ3) is 4.77. The Bertz CT molecular complexity index is 1290. The van der Waals surface area contributed by atoms with Crippen molar-refractivity contribution in [1.82, 2.24) is 9.47 Å². The highest BCUT2D eigenvalue weighted by Crippen LogP contribution is 2.36. The number of rotatable bonds is 6. The van der Waals surface area contributed by atoms with E-state index < -0.39 is 5.91 Å². The van der Waals surface area contributed by atoms with E-state index in [9.17, 15) is 14.4 Å². The van der Waals surface area contributed by atoms with E-state index >= 15 is 0 Å². The lowest BCUT2D eigenvalue weighted by Gasteiger charge is -2.43. The summed E-state index contributed by atoms with van der Waals surface area (Å²) >= 11 is 0. The largest absolute Gasteiger partial charge is 0.497 e. The zero-order valence-corrected chi connectivity index (χ0v) is 19.5. The lowest BCUT2D eigenvalue weighted by Crippen LogP contribution is -2.49. The summed E-state index contributed by atoms with van der Waals surface area (Å²) in [6.45, 7) is 1.48. The molecule has 1 N–H and O–H groups in total. The number of methoxy groups -OCH3 is 1. The molecule has 2 bridgehead atoms. The van der Waals surface area contributed by atoms with Crippen LogP contribution < -0.4 is 20.3 Å². The minimum atomic E-state index is -0.390. The van der Waals surface area contributed by atoms with E-state index in [0.29, 0.717) is 36.7 Å². The van der Waals surface area contributed by atoms with E-state index in [1.807, 2.05) is 29.2 Å². The number of carbonyl (C=O) groups is 2. The molecule has 3 heterocycles. The summed E-state index contributed by atoms with van der Waals surface area (Å²) in [4.78, 5) is 40.5. The molecule has 1 fully saturated rings. The van der Waals surface area contributed by atoms with Crippen molar-refractivity contribution in [3.8, 4) is 11.5 Å². The normalized spacial score (nSPS) is 18.4. The van der Waals surface area contributed by atoms with Crippen LogP contribution >= 0.6 is 0 Å². The first-order valence-corrected chi connectivity index (χ1v) is 11.7. The van der Waals surface area contributed by atoms with Gasteiger partial charge in [0.05, 0.1) is 7.11 Å². The van der Waals surface area contributed by atoms with Gasteiger partial charge < -0.3 is 24.3 Å². The Morgan fingerprint density at radius 3 is 2.46 bits per heavy atom. The Kier molecular flexibility index (Phi) is 6.27. The van der Waals surface area contributed by atoms with Gasteiger partial charge in [0.25, 0.3) is 17.4 Å². The maximum Gasteiger partial charge on any atom is 0.274 e. The summed E-state index contributed by atoms with van der Waals surface area (Å²) in [6, 6.07) is 19.7. The van der Waals surface area contributed by atoms with Crippen LogP contribution in [0, 0.1) is 5.92 Å². The molecular formula is C27H27N3O5. The second-order valence-electron chi connectivity index (χ2n) is 8.97. The Hall–Kier alpha value is -4.07. The first-order chi connectivity index (χ1) is 17.0. The average Bonchev–Trinajstić information content (AvgIpc) is 2.89. The summed E-state index contributed by atoms with van der Waals surface area (Å²) < 4.78 is 12.4. The number of ether oxygens (including phenoxy) is 2. The smallest absolute Gasteiger partial charge is 0.274 e. The van der Waals surface area contributed by atoms with Gasteiger partial charge in [-0.15, -0.1) is 0 Å². The van der Waals surface area contributed by atoms with Crippen LogP contribution in [0.25, 0.3) is 0 Å². The van der Waals surface area contributed by atoms with Crippen LogP contribution in [0.3, 0.4) is 0 Å². The molecule has 2 aliphatic rings. The maximum absolute atomic E-state index is 13.2. The highest BCUT2D eigenvalue weighted by Gasteiger charge is 2.37.